The van der Waals surface area contributed by atoms with E-state index in [2.05, 4.69) is 25.8 Å². The Balaban J connectivity index is 1.39. The van der Waals surface area contributed by atoms with Crippen LogP contribution in [-0.2, 0) is 0 Å². The van der Waals surface area contributed by atoms with Gasteiger partial charge in [-0.2, -0.15) is 0 Å². The van der Waals surface area contributed by atoms with E-state index in [-0.39, 0.29) is 5.91 Å². The number of fused-ring (bicyclic) bond motifs is 2. The van der Waals surface area contributed by atoms with Crippen LogP contribution in [0.5, 0.6) is 0 Å². The second-order valence-electron chi connectivity index (χ2n) is 7.56. The number of imidazole rings is 1. The summed E-state index contributed by atoms with van der Waals surface area (Å²) >= 11 is 1.33. The van der Waals surface area contributed by atoms with Crippen LogP contribution in [0.15, 0.2) is 24.4 Å². The molecule has 152 valence electrons. The maximum Gasteiger partial charge on any atom is 0.288 e. The molecule has 9 heteroatoms. The molecule has 2 amide bonds. The zero-order chi connectivity index (χ0) is 21.0. The largest absolute Gasteiger partial charge is 0.295 e. The van der Waals surface area contributed by atoms with Crippen molar-refractivity contribution in [2.24, 2.45) is 0 Å². The minimum Gasteiger partial charge on any atom is -0.295 e. The average Bonchev–Trinajstić information content (AvgIpc) is 3.44. The normalized spacial score (nSPS) is 13.7. The van der Waals surface area contributed by atoms with Crippen LogP contribution in [0.2, 0.25) is 0 Å². The number of nitrogens with zero attached hydrogens (tertiary/aromatic N) is 4. The first kappa shape index (κ1) is 18.7. The Morgan fingerprint density at radius 3 is 2.57 bits per heavy atom. The number of carbonyl (C=O) groups excluding carboxylic acids is 2. The number of nitrogens with one attached hydrogen (secondary N) is 2. The maximum atomic E-state index is 12.8. The molecule has 4 aromatic heterocycles. The van der Waals surface area contributed by atoms with Crippen molar-refractivity contribution in [3.05, 3.63) is 57.7 Å². The Morgan fingerprint density at radius 2 is 1.80 bits per heavy atom. The van der Waals surface area contributed by atoms with Crippen molar-refractivity contribution in [2.45, 2.75) is 39.5 Å². The standard InChI is InChI=1S/C21H20N6O2S/c1-10-15-11(2)23-18(13-7-8-13)24-21(15)30-17(10)20(29)26-25-19(28)16-12(3)22-14-6-4-5-9-27(14)16/h4-6,9,13H,7-8H2,1-3H3,(H,25,28)(H,26,29). The molecule has 0 aliphatic heterocycles. The molecule has 0 aromatic carbocycles. The predicted molar refractivity (Wildman–Crippen MR) is 114 cm³/mol. The lowest BCUT2D eigenvalue weighted by Gasteiger charge is -2.07. The summed E-state index contributed by atoms with van der Waals surface area (Å²) in [7, 11) is 0. The maximum absolute atomic E-state index is 12.8. The van der Waals surface area contributed by atoms with Crippen molar-refractivity contribution in [1.82, 2.24) is 30.2 Å². The molecule has 5 rings (SSSR count). The molecule has 0 atom stereocenters. The molecule has 0 spiro atoms. The van der Waals surface area contributed by atoms with Crippen LogP contribution in [0.25, 0.3) is 15.9 Å². The first-order chi connectivity index (χ1) is 14.4. The molecular formula is C21H20N6O2S. The summed E-state index contributed by atoms with van der Waals surface area (Å²) in [6.07, 6.45) is 4.01. The van der Waals surface area contributed by atoms with Gasteiger partial charge in [-0.3, -0.25) is 24.8 Å². The summed E-state index contributed by atoms with van der Waals surface area (Å²) in [5.41, 5.74) is 8.41. The number of hydrazine groups is 1. The van der Waals surface area contributed by atoms with Crippen LogP contribution in [0.1, 0.15) is 61.7 Å². The summed E-state index contributed by atoms with van der Waals surface area (Å²) in [5, 5.41) is 0.915. The van der Waals surface area contributed by atoms with Crippen molar-refractivity contribution in [3.63, 3.8) is 0 Å². The van der Waals surface area contributed by atoms with Gasteiger partial charge in [-0.15, -0.1) is 11.3 Å². The number of rotatable bonds is 3. The Morgan fingerprint density at radius 1 is 1.03 bits per heavy atom. The molecule has 8 nitrogen and oxygen atoms in total. The third-order valence-corrected chi connectivity index (χ3v) is 6.53. The van der Waals surface area contributed by atoms with Crippen molar-refractivity contribution >= 4 is 39.0 Å². The highest BCUT2D eigenvalue weighted by Gasteiger charge is 2.28. The zero-order valence-corrected chi connectivity index (χ0v) is 17.6. The van der Waals surface area contributed by atoms with Crippen LogP contribution in [-0.4, -0.2) is 31.2 Å². The van der Waals surface area contributed by atoms with Crippen LogP contribution in [0, 0.1) is 20.8 Å². The fourth-order valence-corrected chi connectivity index (χ4v) is 4.85. The van der Waals surface area contributed by atoms with E-state index in [9.17, 15) is 9.59 Å². The monoisotopic (exact) mass is 420 g/mol. The van der Waals surface area contributed by atoms with Crippen molar-refractivity contribution in [2.75, 3.05) is 0 Å². The number of hydrogen-bond donors (Lipinski definition) is 2. The highest BCUT2D eigenvalue weighted by Crippen LogP contribution is 2.40. The Hall–Kier alpha value is -3.33. The van der Waals surface area contributed by atoms with Gasteiger partial charge in [0, 0.05) is 17.5 Å². The summed E-state index contributed by atoms with van der Waals surface area (Å²) in [4.78, 5) is 40.5. The number of carbonyl (C=O) groups is 2. The van der Waals surface area contributed by atoms with Crippen LogP contribution < -0.4 is 10.9 Å². The molecule has 2 N–H and O–H groups in total. The van der Waals surface area contributed by atoms with Crippen molar-refractivity contribution in [1.29, 1.82) is 0 Å². The molecule has 30 heavy (non-hydrogen) atoms. The van der Waals surface area contributed by atoms with Gasteiger partial charge in [0.2, 0.25) is 0 Å². The van der Waals surface area contributed by atoms with Crippen molar-refractivity contribution in [3.8, 4) is 0 Å². The van der Waals surface area contributed by atoms with E-state index in [1.54, 1.807) is 17.5 Å². The minimum absolute atomic E-state index is 0.373. The van der Waals surface area contributed by atoms with Gasteiger partial charge in [-0.25, -0.2) is 15.0 Å². The molecule has 1 fully saturated rings. The highest BCUT2D eigenvalue weighted by molar-refractivity contribution is 7.20. The topological polar surface area (TPSA) is 101 Å². The molecule has 0 saturated heterocycles. The third-order valence-electron chi connectivity index (χ3n) is 5.35. The second kappa shape index (κ2) is 6.88. The van der Waals surface area contributed by atoms with Gasteiger partial charge in [0.15, 0.2) is 0 Å². The third kappa shape index (κ3) is 3.02. The summed E-state index contributed by atoms with van der Waals surface area (Å²) < 4.78 is 1.69. The number of aryl methyl sites for hydroxylation is 3. The number of thiophene rings is 1. The first-order valence-corrected chi connectivity index (χ1v) is 10.6. The fraction of sp³-hybridized carbons (Fsp3) is 0.286. The van der Waals surface area contributed by atoms with Crippen molar-refractivity contribution < 1.29 is 9.59 Å². The lowest BCUT2D eigenvalue weighted by Crippen LogP contribution is -2.42. The van der Waals surface area contributed by atoms with Gasteiger partial charge in [-0.1, -0.05) is 6.07 Å². The molecule has 1 aliphatic carbocycles. The number of pyridine rings is 1. The molecular weight excluding hydrogens is 400 g/mol. The van der Waals surface area contributed by atoms with Gasteiger partial charge < -0.3 is 0 Å². The van der Waals surface area contributed by atoms with Crippen LogP contribution in [0.4, 0.5) is 0 Å². The quantitative estimate of drug-likeness (QED) is 0.496. The Kier molecular flexibility index (Phi) is 4.28. The van der Waals surface area contributed by atoms with E-state index in [1.165, 1.54) is 11.3 Å². The Bertz CT molecular complexity index is 1330. The molecule has 0 radical (unpaired) electrons. The van der Waals surface area contributed by atoms with E-state index in [0.29, 0.717) is 27.8 Å². The SMILES string of the molecule is Cc1nc2ccccn2c1C(=O)NNC(=O)c1sc2nc(C3CC3)nc(C)c2c1C. The minimum atomic E-state index is -0.426. The van der Waals surface area contributed by atoms with Gasteiger partial charge in [-0.05, 0) is 51.3 Å². The van der Waals surface area contributed by atoms with E-state index < -0.39 is 5.91 Å². The smallest absolute Gasteiger partial charge is 0.288 e. The van der Waals surface area contributed by atoms with Gasteiger partial charge >= 0.3 is 0 Å². The van der Waals surface area contributed by atoms with E-state index in [0.717, 1.165) is 40.1 Å². The van der Waals surface area contributed by atoms with Crippen LogP contribution in [0.3, 0.4) is 0 Å². The average molecular weight is 420 g/mol. The van der Waals surface area contributed by atoms with Gasteiger partial charge in [0.05, 0.1) is 16.3 Å². The summed E-state index contributed by atoms with van der Waals surface area (Å²) in [6, 6.07) is 5.50. The first-order valence-electron chi connectivity index (χ1n) is 9.76. The van der Waals surface area contributed by atoms with E-state index >= 15 is 0 Å². The lowest BCUT2D eigenvalue weighted by molar-refractivity contribution is 0.0845. The number of aromatic nitrogens is 4. The second-order valence-corrected chi connectivity index (χ2v) is 8.56. The molecule has 0 bridgehead atoms. The number of amides is 2. The molecule has 0 unspecified atom stereocenters. The number of hydrogen-bond acceptors (Lipinski definition) is 6. The molecule has 1 aliphatic rings. The fourth-order valence-electron chi connectivity index (χ4n) is 3.72. The van der Waals surface area contributed by atoms with E-state index in [4.69, 9.17) is 0 Å². The molecule has 4 heterocycles. The van der Waals surface area contributed by atoms with Gasteiger partial charge in [0.25, 0.3) is 11.8 Å². The zero-order valence-electron chi connectivity index (χ0n) is 16.8. The Labute approximate surface area is 176 Å². The summed E-state index contributed by atoms with van der Waals surface area (Å²) in [6.45, 7) is 5.60. The highest BCUT2D eigenvalue weighted by atomic mass is 32.1. The molecule has 1 saturated carbocycles. The van der Waals surface area contributed by atoms with Crippen LogP contribution >= 0.6 is 11.3 Å². The van der Waals surface area contributed by atoms with E-state index in [1.807, 2.05) is 32.0 Å². The summed E-state index contributed by atoms with van der Waals surface area (Å²) in [5.74, 6) is 0.512. The molecule has 4 aromatic rings. The van der Waals surface area contributed by atoms with Gasteiger partial charge in [0.1, 0.15) is 22.0 Å². The lowest BCUT2D eigenvalue weighted by atomic mass is 10.1. The predicted octanol–water partition coefficient (Wildman–Crippen LogP) is 3.22.